The summed E-state index contributed by atoms with van der Waals surface area (Å²) in [6, 6.07) is 5.75. The van der Waals surface area contributed by atoms with Crippen LogP contribution in [0.3, 0.4) is 0 Å². The molecule has 0 aromatic heterocycles. The van der Waals surface area contributed by atoms with Crippen LogP contribution in [0, 0.1) is 5.82 Å². The maximum Gasteiger partial charge on any atom is 0.242 e. The van der Waals surface area contributed by atoms with Gasteiger partial charge in [-0.2, -0.15) is 0 Å². The monoisotopic (exact) mass is 229 g/mol. The van der Waals surface area contributed by atoms with Crippen LogP contribution in [0.4, 0.5) is 4.39 Å². The lowest BCUT2D eigenvalue weighted by Crippen LogP contribution is -2.27. The van der Waals surface area contributed by atoms with Crippen molar-refractivity contribution >= 4 is 17.5 Å². The molecule has 0 saturated heterocycles. The molecule has 0 fully saturated rings. The Bertz CT molecular complexity index is 343. The standard InChI is InChI=1S/C11H13ClFNO/c1-2-6-14-11(15)10(12)8-4-3-5-9(13)7-8/h3-5,7,10H,2,6H2,1H3,(H,14,15). The van der Waals surface area contributed by atoms with Crippen molar-refractivity contribution in [1.29, 1.82) is 0 Å². The molecule has 0 radical (unpaired) electrons. The van der Waals surface area contributed by atoms with E-state index in [9.17, 15) is 9.18 Å². The fraction of sp³-hybridized carbons (Fsp3) is 0.364. The molecule has 2 nitrogen and oxygen atoms in total. The number of halogens is 2. The van der Waals surface area contributed by atoms with Crippen LogP contribution in [0.5, 0.6) is 0 Å². The van der Waals surface area contributed by atoms with Gasteiger partial charge < -0.3 is 5.32 Å². The zero-order valence-corrected chi connectivity index (χ0v) is 9.22. The van der Waals surface area contributed by atoms with Gasteiger partial charge in [-0.1, -0.05) is 19.1 Å². The maximum atomic E-state index is 12.9. The van der Waals surface area contributed by atoms with E-state index in [-0.39, 0.29) is 11.7 Å². The molecular weight excluding hydrogens is 217 g/mol. The summed E-state index contributed by atoms with van der Waals surface area (Å²) in [5, 5.41) is 1.83. The molecule has 1 rings (SSSR count). The Balaban J connectivity index is 2.67. The number of benzene rings is 1. The van der Waals surface area contributed by atoms with Crippen molar-refractivity contribution in [2.75, 3.05) is 6.54 Å². The van der Waals surface area contributed by atoms with Crippen molar-refractivity contribution in [2.24, 2.45) is 0 Å². The molecule has 15 heavy (non-hydrogen) atoms. The Morgan fingerprint density at radius 2 is 2.33 bits per heavy atom. The molecule has 0 aliphatic heterocycles. The van der Waals surface area contributed by atoms with E-state index >= 15 is 0 Å². The van der Waals surface area contributed by atoms with Gasteiger partial charge in [0.2, 0.25) is 5.91 Å². The van der Waals surface area contributed by atoms with E-state index in [1.807, 2.05) is 6.92 Å². The summed E-state index contributed by atoms with van der Waals surface area (Å²) in [6.45, 7) is 2.53. The molecule has 82 valence electrons. The highest BCUT2D eigenvalue weighted by atomic mass is 35.5. The number of nitrogens with one attached hydrogen (secondary N) is 1. The van der Waals surface area contributed by atoms with Crippen LogP contribution < -0.4 is 5.32 Å². The maximum absolute atomic E-state index is 12.9. The molecular formula is C11H13ClFNO. The van der Waals surface area contributed by atoms with Crippen LogP contribution >= 0.6 is 11.6 Å². The molecule has 1 amide bonds. The quantitative estimate of drug-likeness (QED) is 0.791. The molecule has 0 saturated carbocycles. The summed E-state index contributed by atoms with van der Waals surface area (Å²) in [7, 11) is 0. The van der Waals surface area contributed by atoms with Crippen LogP contribution in [-0.4, -0.2) is 12.5 Å². The predicted molar refractivity (Wildman–Crippen MR) is 58.3 cm³/mol. The van der Waals surface area contributed by atoms with Gasteiger partial charge in [0, 0.05) is 6.54 Å². The summed E-state index contributed by atoms with van der Waals surface area (Å²) < 4.78 is 12.9. The smallest absolute Gasteiger partial charge is 0.242 e. The molecule has 1 aromatic carbocycles. The van der Waals surface area contributed by atoms with Crippen LogP contribution in [0.15, 0.2) is 24.3 Å². The highest BCUT2D eigenvalue weighted by Gasteiger charge is 2.16. The molecule has 0 spiro atoms. The minimum absolute atomic E-state index is 0.288. The Morgan fingerprint density at radius 1 is 1.60 bits per heavy atom. The lowest BCUT2D eigenvalue weighted by atomic mass is 10.1. The van der Waals surface area contributed by atoms with E-state index in [4.69, 9.17) is 11.6 Å². The van der Waals surface area contributed by atoms with Gasteiger partial charge >= 0.3 is 0 Å². The topological polar surface area (TPSA) is 29.1 Å². The first-order valence-corrected chi connectivity index (χ1v) is 5.26. The SMILES string of the molecule is CCCNC(=O)C(Cl)c1cccc(F)c1. The number of rotatable bonds is 4. The van der Waals surface area contributed by atoms with Gasteiger partial charge in [-0.25, -0.2) is 4.39 Å². The second kappa shape index (κ2) is 5.71. The van der Waals surface area contributed by atoms with E-state index in [1.165, 1.54) is 18.2 Å². The largest absolute Gasteiger partial charge is 0.355 e. The second-order valence-electron chi connectivity index (χ2n) is 3.21. The minimum atomic E-state index is -0.827. The third-order valence-corrected chi connectivity index (χ3v) is 2.37. The Labute approximate surface area is 93.4 Å². The first-order valence-electron chi connectivity index (χ1n) is 4.82. The minimum Gasteiger partial charge on any atom is -0.355 e. The molecule has 0 heterocycles. The number of amides is 1. The van der Waals surface area contributed by atoms with Gasteiger partial charge in [-0.15, -0.1) is 11.6 Å². The van der Waals surface area contributed by atoms with Crippen molar-refractivity contribution < 1.29 is 9.18 Å². The number of alkyl halides is 1. The second-order valence-corrected chi connectivity index (χ2v) is 3.65. The van der Waals surface area contributed by atoms with Crippen molar-refractivity contribution in [3.63, 3.8) is 0 Å². The first-order chi connectivity index (χ1) is 7.15. The Kier molecular flexibility index (Phi) is 4.56. The molecule has 1 N–H and O–H groups in total. The fourth-order valence-electron chi connectivity index (χ4n) is 1.15. The van der Waals surface area contributed by atoms with Crippen molar-refractivity contribution in [3.05, 3.63) is 35.6 Å². The number of carbonyl (C=O) groups is 1. The lowest BCUT2D eigenvalue weighted by Gasteiger charge is -2.09. The third-order valence-electron chi connectivity index (χ3n) is 1.92. The van der Waals surface area contributed by atoms with Crippen molar-refractivity contribution in [1.82, 2.24) is 5.32 Å². The number of carbonyl (C=O) groups excluding carboxylic acids is 1. The van der Waals surface area contributed by atoms with Gasteiger partial charge in [-0.3, -0.25) is 4.79 Å². The predicted octanol–water partition coefficient (Wildman–Crippen LogP) is 2.63. The fourth-order valence-corrected chi connectivity index (χ4v) is 1.37. The van der Waals surface area contributed by atoms with Gasteiger partial charge in [0.05, 0.1) is 0 Å². The molecule has 1 aromatic rings. The Morgan fingerprint density at radius 3 is 2.93 bits per heavy atom. The third kappa shape index (κ3) is 3.51. The van der Waals surface area contributed by atoms with E-state index in [0.29, 0.717) is 12.1 Å². The van der Waals surface area contributed by atoms with E-state index in [1.54, 1.807) is 6.07 Å². The van der Waals surface area contributed by atoms with Gasteiger partial charge in [-0.05, 0) is 24.1 Å². The van der Waals surface area contributed by atoms with Crippen LogP contribution in [0.25, 0.3) is 0 Å². The highest BCUT2D eigenvalue weighted by Crippen LogP contribution is 2.20. The molecule has 0 aliphatic carbocycles. The van der Waals surface area contributed by atoms with Gasteiger partial charge in [0.15, 0.2) is 0 Å². The van der Waals surface area contributed by atoms with Gasteiger partial charge in [0.1, 0.15) is 11.2 Å². The summed E-state index contributed by atoms with van der Waals surface area (Å²) in [6.07, 6.45) is 0.846. The Hall–Kier alpha value is -1.09. The summed E-state index contributed by atoms with van der Waals surface area (Å²) in [5.41, 5.74) is 0.477. The average Bonchev–Trinajstić information content (AvgIpc) is 2.24. The molecule has 1 unspecified atom stereocenters. The molecule has 1 atom stereocenters. The molecule has 0 aliphatic rings. The molecule has 4 heteroatoms. The first kappa shape index (κ1) is 12.0. The van der Waals surface area contributed by atoms with Crippen molar-refractivity contribution in [2.45, 2.75) is 18.7 Å². The van der Waals surface area contributed by atoms with E-state index < -0.39 is 5.38 Å². The van der Waals surface area contributed by atoms with E-state index in [2.05, 4.69) is 5.32 Å². The van der Waals surface area contributed by atoms with Crippen LogP contribution in [0.1, 0.15) is 24.3 Å². The molecule has 0 bridgehead atoms. The van der Waals surface area contributed by atoms with E-state index in [0.717, 1.165) is 6.42 Å². The average molecular weight is 230 g/mol. The zero-order chi connectivity index (χ0) is 11.3. The summed E-state index contributed by atoms with van der Waals surface area (Å²) in [4.78, 5) is 11.4. The highest BCUT2D eigenvalue weighted by molar-refractivity contribution is 6.30. The van der Waals surface area contributed by atoms with Gasteiger partial charge in [0.25, 0.3) is 0 Å². The van der Waals surface area contributed by atoms with Crippen LogP contribution in [-0.2, 0) is 4.79 Å². The van der Waals surface area contributed by atoms with Crippen molar-refractivity contribution in [3.8, 4) is 0 Å². The number of hydrogen-bond donors (Lipinski definition) is 1. The normalized spacial score (nSPS) is 12.2. The number of hydrogen-bond acceptors (Lipinski definition) is 1. The summed E-state index contributed by atoms with van der Waals surface area (Å²) >= 11 is 5.89. The zero-order valence-electron chi connectivity index (χ0n) is 8.47. The lowest BCUT2D eigenvalue weighted by molar-refractivity contribution is -0.120. The van der Waals surface area contributed by atoms with Crippen LogP contribution in [0.2, 0.25) is 0 Å². The summed E-state index contributed by atoms with van der Waals surface area (Å²) in [5.74, 6) is -0.675.